The molecule has 3 N–H and O–H groups in total. The Morgan fingerprint density at radius 3 is 2.94 bits per heavy atom. The van der Waals surface area contributed by atoms with Crippen molar-refractivity contribution < 1.29 is 9.59 Å². The number of anilines is 1. The number of hydrogen-bond acceptors (Lipinski definition) is 6. The minimum atomic E-state index is -0.456. The number of carbonyl (C=O) groups is 2. The molecule has 1 aromatic rings. The second-order valence-electron chi connectivity index (χ2n) is 4.19. The highest BCUT2D eigenvalue weighted by Gasteiger charge is 2.32. The van der Waals surface area contributed by atoms with Crippen molar-refractivity contribution in [3.63, 3.8) is 0 Å². The maximum absolute atomic E-state index is 11.6. The summed E-state index contributed by atoms with van der Waals surface area (Å²) in [5, 5.41) is 2.29. The second-order valence-corrected chi connectivity index (χ2v) is 4.19. The van der Waals surface area contributed by atoms with E-state index in [9.17, 15) is 9.59 Å². The van der Waals surface area contributed by atoms with Crippen LogP contribution in [0.1, 0.15) is 18.3 Å². The summed E-state index contributed by atoms with van der Waals surface area (Å²) in [6.45, 7) is 3.82. The van der Waals surface area contributed by atoms with Crippen LogP contribution in [0, 0.1) is 6.92 Å². The summed E-state index contributed by atoms with van der Waals surface area (Å²) in [6, 6.07) is -0.456. The molecule has 2 amide bonds. The summed E-state index contributed by atoms with van der Waals surface area (Å²) in [4.78, 5) is 33.1. The molecule has 1 saturated heterocycles. The van der Waals surface area contributed by atoms with E-state index in [4.69, 9.17) is 5.73 Å². The standard InChI is InChI=1S/C11H15N5O2/c1-6-11(18)15-9(17)5-16(6)10-8(3-12)4-13-7(2)14-10/h4,6H,3,5,12H2,1-2H3,(H,15,17,18). The third-order valence-corrected chi connectivity index (χ3v) is 2.88. The number of nitrogens with two attached hydrogens (primary N) is 1. The Labute approximate surface area is 104 Å². The van der Waals surface area contributed by atoms with Crippen molar-refractivity contribution in [2.75, 3.05) is 11.4 Å². The van der Waals surface area contributed by atoms with Crippen LogP contribution in [-0.4, -0.2) is 34.4 Å². The topological polar surface area (TPSA) is 101 Å². The van der Waals surface area contributed by atoms with Crippen LogP contribution in [0.15, 0.2) is 6.20 Å². The summed E-state index contributed by atoms with van der Waals surface area (Å²) in [7, 11) is 0. The molecule has 18 heavy (non-hydrogen) atoms. The van der Waals surface area contributed by atoms with E-state index in [2.05, 4.69) is 15.3 Å². The molecular formula is C11H15N5O2. The van der Waals surface area contributed by atoms with Crippen molar-refractivity contribution >= 4 is 17.6 Å². The Morgan fingerprint density at radius 1 is 1.56 bits per heavy atom. The second kappa shape index (κ2) is 4.69. The number of nitrogens with zero attached hydrogens (tertiary/aromatic N) is 3. The van der Waals surface area contributed by atoms with E-state index < -0.39 is 6.04 Å². The molecule has 96 valence electrons. The number of hydrogen-bond donors (Lipinski definition) is 2. The molecule has 2 rings (SSSR count). The van der Waals surface area contributed by atoms with Gasteiger partial charge in [-0.3, -0.25) is 14.9 Å². The zero-order valence-electron chi connectivity index (χ0n) is 10.3. The van der Waals surface area contributed by atoms with Crippen molar-refractivity contribution in [3.8, 4) is 0 Å². The lowest BCUT2D eigenvalue weighted by Gasteiger charge is -2.33. The summed E-state index contributed by atoms with van der Waals surface area (Å²) in [6.07, 6.45) is 1.63. The van der Waals surface area contributed by atoms with Crippen molar-refractivity contribution in [1.82, 2.24) is 15.3 Å². The van der Waals surface area contributed by atoms with Gasteiger partial charge in [0.05, 0.1) is 6.54 Å². The molecular weight excluding hydrogens is 234 g/mol. The number of carbonyl (C=O) groups excluding carboxylic acids is 2. The fourth-order valence-corrected chi connectivity index (χ4v) is 1.85. The molecule has 1 aliphatic heterocycles. The lowest BCUT2D eigenvalue weighted by Crippen LogP contribution is -2.57. The zero-order valence-corrected chi connectivity index (χ0v) is 10.3. The van der Waals surface area contributed by atoms with Crippen LogP contribution in [0.3, 0.4) is 0 Å². The van der Waals surface area contributed by atoms with Gasteiger partial charge in [0.1, 0.15) is 17.7 Å². The van der Waals surface area contributed by atoms with Crippen LogP contribution in [0.4, 0.5) is 5.82 Å². The highest BCUT2D eigenvalue weighted by molar-refractivity contribution is 6.04. The van der Waals surface area contributed by atoms with Crippen LogP contribution in [0.2, 0.25) is 0 Å². The molecule has 0 aromatic carbocycles. The van der Waals surface area contributed by atoms with Gasteiger partial charge in [-0.25, -0.2) is 9.97 Å². The van der Waals surface area contributed by atoms with E-state index in [-0.39, 0.29) is 24.9 Å². The highest BCUT2D eigenvalue weighted by Crippen LogP contribution is 2.20. The molecule has 1 atom stereocenters. The number of rotatable bonds is 2. The first kappa shape index (κ1) is 12.4. The molecule has 2 heterocycles. The fraction of sp³-hybridized carbons (Fsp3) is 0.455. The van der Waals surface area contributed by atoms with Gasteiger partial charge in [0.25, 0.3) is 0 Å². The van der Waals surface area contributed by atoms with E-state index in [0.717, 1.165) is 5.56 Å². The molecule has 1 fully saturated rings. The Kier molecular flexibility index (Phi) is 3.24. The van der Waals surface area contributed by atoms with E-state index in [1.54, 1.807) is 24.9 Å². The predicted molar refractivity (Wildman–Crippen MR) is 64.6 cm³/mol. The van der Waals surface area contributed by atoms with Gasteiger partial charge in [-0.1, -0.05) is 0 Å². The van der Waals surface area contributed by atoms with Gasteiger partial charge in [0, 0.05) is 18.3 Å². The first-order chi connectivity index (χ1) is 8.52. The first-order valence-corrected chi connectivity index (χ1v) is 5.66. The fourth-order valence-electron chi connectivity index (χ4n) is 1.85. The Morgan fingerprint density at radius 2 is 2.28 bits per heavy atom. The summed E-state index contributed by atoms with van der Waals surface area (Å²) in [5.41, 5.74) is 6.35. The number of nitrogens with one attached hydrogen (secondary N) is 1. The van der Waals surface area contributed by atoms with Gasteiger partial charge in [-0.15, -0.1) is 0 Å². The summed E-state index contributed by atoms with van der Waals surface area (Å²) >= 11 is 0. The summed E-state index contributed by atoms with van der Waals surface area (Å²) < 4.78 is 0. The van der Waals surface area contributed by atoms with Gasteiger partial charge in [0.15, 0.2) is 0 Å². The van der Waals surface area contributed by atoms with Crippen LogP contribution in [0.25, 0.3) is 0 Å². The molecule has 0 radical (unpaired) electrons. The van der Waals surface area contributed by atoms with Gasteiger partial charge >= 0.3 is 0 Å². The number of aryl methyl sites for hydroxylation is 1. The maximum Gasteiger partial charge on any atom is 0.249 e. The van der Waals surface area contributed by atoms with Crippen LogP contribution in [0.5, 0.6) is 0 Å². The summed E-state index contributed by atoms with van der Waals surface area (Å²) in [5.74, 6) is 0.469. The van der Waals surface area contributed by atoms with Crippen molar-refractivity contribution in [1.29, 1.82) is 0 Å². The third-order valence-electron chi connectivity index (χ3n) is 2.88. The van der Waals surface area contributed by atoms with E-state index in [1.807, 2.05) is 0 Å². The van der Waals surface area contributed by atoms with Gasteiger partial charge in [0.2, 0.25) is 11.8 Å². The molecule has 0 saturated carbocycles. The highest BCUT2D eigenvalue weighted by atomic mass is 16.2. The van der Waals surface area contributed by atoms with Crippen LogP contribution >= 0.6 is 0 Å². The van der Waals surface area contributed by atoms with Crippen molar-refractivity contribution in [2.45, 2.75) is 26.4 Å². The van der Waals surface area contributed by atoms with E-state index in [0.29, 0.717) is 11.6 Å². The quantitative estimate of drug-likeness (QED) is 0.658. The molecule has 0 bridgehead atoms. The SMILES string of the molecule is Cc1ncc(CN)c(N2CC(=O)NC(=O)C2C)n1. The van der Waals surface area contributed by atoms with Crippen molar-refractivity contribution in [3.05, 3.63) is 17.6 Å². The largest absolute Gasteiger partial charge is 0.335 e. The predicted octanol–water partition coefficient (Wildman–Crippen LogP) is -0.905. The van der Waals surface area contributed by atoms with Crippen LogP contribution in [-0.2, 0) is 16.1 Å². The average molecular weight is 249 g/mol. The molecule has 1 unspecified atom stereocenters. The first-order valence-electron chi connectivity index (χ1n) is 5.66. The normalized spacial score (nSPS) is 19.9. The van der Waals surface area contributed by atoms with Gasteiger partial charge < -0.3 is 10.6 Å². The zero-order chi connectivity index (χ0) is 13.3. The molecule has 1 aliphatic rings. The average Bonchev–Trinajstić information content (AvgIpc) is 2.33. The third kappa shape index (κ3) is 2.17. The number of aromatic nitrogens is 2. The Hall–Kier alpha value is -2.02. The van der Waals surface area contributed by atoms with Gasteiger partial charge in [-0.05, 0) is 13.8 Å². The Balaban J connectivity index is 2.43. The maximum atomic E-state index is 11.6. The Bertz CT molecular complexity index is 502. The number of amides is 2. The monoisotopic (exact) mass is 249 g/mol. The van der Waals surface area contributed by atoms with Gasteiger partial charge in [-0.2, -0.15) is 0 Å². The van der Waals surface area contributed by atoms with Crippen LogP contribution < -0.4 is 16.0 Å². The molecule has 7 heteroatoms. The number of piperazine rings is 1. The van der Waals surface area contributed by atoms with Crippen molar-refractivity contribution in [2.24, 2.45) is 5.73 Å². The minimum absolute atomic E-state index is 0.0936. The lowest BCUT2D eigenvalue weighted by molar-refractivity contribution is -0.132. The minimum Gasteiger partial charge on any atom is -0.335 e. The van der Waals surface area contributed by atoms with E-state index >= 15 is 0 Å². The van der Waals surface area contributed by atoms with E-state index in [1.165, 1.54) is 0 Å². The smallest absolute Gasteiger partial charge is 0.249 e. The lowest BCUT2D eigenvalue weighted by atomic mass is 10.1. The molecule has 0 spiro atoms. The molecule has 1 aromatic heterocycles. The molecule has 7 nitrogen and oxygen atoms in total. The number of imide groups is 1. The molecule has 0 aliphatic carbocycles.